The van der Waals surface area contributed by atoms with Crippen molar-refractivity contribution in [3.8, 4) is 5.69 Å². The molecule has 0 fully saturated rings. The molecule has 0 unspecified atom stereocenters. The molecule has 3 rings (SSSR count). The van der Waals surface area contributed by atoms with E-state index in [4.69, 9.17) is 5.73 Å². The number of hydrogen-bond donors (Lipinski definition) is 1. The summed E-state index contributed by atoms with van der Waals surface area (Å²) in [5.41, 5.74) is 3.83. The van der Waals surface area contributed by atoms with E-state index < -0.39 is 23.2 Å². The van der Waals surface area contributed by atoms with Crippen molar-refractivity contribution in [2.45, 2.75) is 12.7 Å². The van der Waals surface area contributed by atoms with Crippen LogP contribution in [0.5, 0.6) is 0 Å². The molecule has 0 bridgehead atoms. The lowest BCUT2D eigenvalue weighted by Gasteiger charge is -2.09. The van der Waals surface area contributed by atoms with Gasteiger partial charge in [-0.3, -0.25) is 14.2 Å². The predicted octanol–water partition coefficient (Wildman–Crippen LogP) is 1.09. The zero-order chi connectivity index (χ0) is 17.5. The third-order valence-corrected chi connectivity index (χ3v) is 3.30. The maximum Gasteiger partial charge on any atom is 0.416 e. The minimum Gasteiger partial charge on any atom is -0.368 e. The number of rotatable bonds is 3. The predicted molar refractivity (Wildman–Crippen MR) is 77.3 cm³/mol. The number of fused-ring (bicyclic) bond motifs is 1. The van der Waals surface area contributed by atoms with Gasteiger partial charge >= 0.3 is 6.18 Å². The number of hydrogen-bond acceptors (Lipinski definition) is 4. The lowest BCUT2D eigenvalue weighted by Crippen LogP contribution is -2.28. The number of amides is 1. The number of benzene rings is 1. The molecule has 0 radical (unpaired) electrons. The topological polar surface area (TPSA) is 95.8 Å². The van der Waals surface area contributed by atoms with Crippen LogP contribution in [0.25, 0.3) is 16.7 Å². The van der Waals surface area contributed by atoms with Crippen molar-refractivity contribution in [2.24, 2.45) is 5.73 Å². The summed E-state index contributed by atoms with van der Waals surface area (Å²) in [5.74, 6) is -0.719. The van der Waals surface area contributed by atoms with Gasteiger partial charge in [0.2, 0.25) is 5.91 Å². The number of aromatic nitrogens is 4. The average Bonchev–Trinajstić information content (AvgIpc) is 2.94. The van der Waals surface area contributed by atoms with E-state index in [9.17, 15) is 22.8 Å². The number of carbonyl (C=O) groups excluding carboxylic acids is 1. The van der Waals surface area contributed by atoms with Crippen molar-refractivity contribution < 1.29 is 18.0 Å². The van der Waals surface area contributed by atoms with Gasteiger partial charge in [0.05, 0.1) is 17.4 Å². The Labute approximate surface area is 132 Å². The van der Waals surface area contributed by atoms with E-state index in [1.54, 1.807) is 0 Å². The van der Waals surface area contributed by atoms with Crippen LogP contribution in [0.15, 0.2) is 41.6 Å². The maximum atomic E-state index is 12.8. The minimum absolute atomic E-state index is 0.0659. The monoisotopic (exact) mass is 337 g/mol. The number of nitrogens with two attached hydrogens (primary N) is 1. The number of alkyl halides is 3. The molecule has 7 nitrogen and oxygen atoms in total. The van der Waals surface area contributed by atoms with Gasteiger partial charge in [0.15, 0.2) is 5.65 Å². The molecule has 0 aliphatic carbocycles. The number of primary amides is 1. The Morgan fingerprint density at radius 3 is 2.71 bits per heavy atom. The zero-order valence-corrected chi connectivity index (χ0v) is 12.0. The highest BCUT2D eigenvalue weighted by atomic mass is 19.4. The summed E-state index contributed by atoms with van der Waals surface area (Å²) in [6.07, 6.45) is -2.22. The Kier molecular flexibility index (Phi) is 3.59. The molecule has 1 aromatic carbocycles. The van der Waals surface area contributed by atoms with Gasteiger partial charge in [-0.2, -0.15) is 18.3 Å². The SMILES string of the molecule is NC(=O)Cn1cnc2c(cnn2-c2cccc(C(F)(F)F)c2)c1=O. The van der Waals surface area contributed by atoms with Crippen molar-refractivity contribution in [3.05, 3.63) is 52.7 Å². The van der Waals surface area contributed by atoms with Crippen LogP contribution in [-0.4, -0.2) is 25.2 Å². The molecule has 2 N–H and O–H groups in total. The quantitative estimate of drug-likeness (QED) is 0.774. The van der Waals surface area contributed by atoms with Gasteiger partial charge in [-0.15, -0.1) is 0 Å². The molecule has 1 amide bonds. The highest BCUT2D eigenvalue weighted by molar-refractivity contribution is 5.76. The maximum absolute atomic E-state index is 12.8. The third kappa shape index (κ3) is 2.73. The summed E-state index contributed by atoms with van der Waals surface area (Å²) in [7, 11) is 0. The first-order valence-corrected chi connectivity index (χ1v) is 6.66. The molecule has 3 aromatic rings. The summed E-state index contributed by atoms with van der Waals surface area (Å²) >= 11 is 0. The molecule has 2 heterocycles. The molecule has 2 aromatic heterocycles. The molecular formula is C14H10F3N5O2. The Bertz CT molecular complexity index is 990. The number of carbonyl (C=O) groups is 1. The second kappa shape index (κ2) is 5.48. The van der Waals surface area contributed by atoms with Gasteiger partial charge < -0.3 is 5.73 Å². The molecular weight excluding hydrogens is 327 g/mol. The second-order valence-electron chi connectivity index (χ2n) is 4.99. The van der Waals surface area contributed by atoms with Crippen LogP contribution in [0, 0.1) is 0 Å². The van der Waals surface area contributed by atoms with Crippen LogP contribution in [0.4, 0.5) is 13.2 Å². The van der Waals surface area contributed by atoms with E-state index in [1.165, 1.54) is 18.3 Å². The van der Waals surface area contributed by atoms with E-state index in [-0.39, 0.29) is 23.3 Å². The van der Waals surface area contributed by atoms with Gasteiger partial charge in [-0.05, 0) is 18.2 Å². The molecule has 0 aliphatic rings. The van der Waals surface area contributed by atoms with Crippen molar-refractivity contribution in [1.82, 2.24) is 19.3 Å². The smallest absolute Gasteiger partial charge is 0.368 e. The van der Waals surface area contributed by atoms with Crippen LogP contribution >= 0.6 is 0 Å². The van der Waals surface area contributed by atoms with Crippen LogP contribution < -0.4 is 11.3 Å². The van der Waals surface area contributed by atoms with E-state index in [2.05, 4.69) is 10.1 Å². The molecule has 0 atom stereocenters. The largest absolute Gasteiger partial charge is 0.416 e. The fourth-order valence-electron chi connectivity index (χ4n) is 2.23. The van der Waals surface area contributed by atoms with E-state index in [0.717, 1.165) is 27.7 Å². The van der Waals surface area contributed by atoms with E-state index in [0.29, 0.717) is 0 Å². The molecule has 0 saturated heterocycles. The first-order valence-electron chi connectivity index (χ1n) is 6.66. The average molecular weight is 337 g/mol. The summed E-state index contributed by atoms with van der Waals surface area (Å²) in [6.45, 7) is -0.351. The van der Waals surface area contributed by atoms with Crippen molar-refractivity contribution >= 4 is 16.9 Å². The van der Waals surface area contributed by atoms with Crippen molar-refractivity contribution in [3.63, 3.8) is 0 Å². The summed E-state index contributed by atoms with van der Waals surface area (Å²) in [5, 5.41) is 3.99. The molecule has 24 heavy (non-hydrogen) atoms. The molecule has 124 valence electrons. The minimum atomic E-state index is -4.50. The van der Waals surface area contributed by atoms with Gasteiger partial charge in [0.1, 0.15) is 18.3 Å². The second-order valence-corrected chi connectivity index (χ2v) is 4.99. The lowest BCUT2D eigenvalue weighted by molar-refractivity contribution is -0.137. The molecule has 0 saturated carbocycles. The third-order valence-electron chi connectivity index (χ3n) is 3.30. The van der Waals surface area contributed by atoms with E-state index >= 15 is 0 Å². The Hall–Kier alpha value is -3.17. The van der Waals surface area contributed by atoms with Gasteiger partial charge in [-0.1, -0.05) is 6.07 Å². The van der Waals surface area contributed by atoms with Crippen molar-refractivity contribution in [2.75, 3.05) is 0 Å². The fourth-order valence-corrected chi connectivity index (χ4v) is 2.23. The van der Waals surface area contributed by atoms with Crippen molar-refractivity contribution in [1.29, 1.82) is 0 Å². The summed E-state index contributed by atoms with van der Waals surface area (Å²) in [4.78, 5) is 27.1. The van der Waals surface area contributed by atoms with Gasteiger partial charge in [0, 0.05) is 0 Å². The lowest BCUT2D eigenvalue weighted by atomic mass is 10.2. The first kappa shape index (κ1) is 15.7. The van der Waals surface area contributed by atoms with E-state index in [1.807, 2.05) is 0 Å². The molecule has 0 aliphatic heterocycles. The van der Waals surface area contributed by atoms with Crippen LogP contribution in [0.1, 0.15) is 5.56 Å². The summed E-state index contributed by atoms with van der Waals surface area (Å²) in [6, 6.07) is 4.49. The van der Waals surface area contributed by atoms with Crippen LogP contribution in [0.3, 0.4) is 0 Å². The standard InChI is InChI=1S/C14H10F3N5O2/c15-14(16,17)8-2-1-3-9(4-8)22-12-10(5-20-22)13(24)21(7-19-12)6-11(18)23/h1-5,7H,6H2,(H2,18,23). The fraction of sp³-hybridized carbons (Fsp3) is 0.143. The van der Waals surface area contributed by atoms with Gasteiger partial charge in [-0.25, -0.2) is 9.67 Å². The molecule has 0 spiro atoms. The van der Waals surface area contributed by atoms with Gasteiger partial charge in [0.25, 0.3) is 5.56 Å². The normalized spacial score (nSPS) is 11.8. The van der Waals surface area contributed by atoms with Crippen LogP contribution in [0.2, 0.25) is 0 Å². The highest BCUT2D eigenvalue weighted by Gasteiger charge is 2.30. The highest BCUT2D eigenvalue weighted by Crippen LogP contribution is 2.30. The first-order chi connectivity index (χ1) is 11.3. The Balaban J connectivity index is 2.14. The molecule has 10 heteroatoms. The number of nitrogens with zero attached hydrogens (tertiary/aromatic N) is 4. The number of halogens is 3. The summed E-state index contributed by atoms with van der Waals surface area (Å²) < 4.78 is 40.6. The van der Waals surface area contributed by atoms with Crippen LogP contribution in [-0.2, 0) is 17.5 Å². The Morgan fingerprint density at radius 2 is 2.04 bits per heavy atom. The Morgan fingerprint density at radius 1 is 1.29 bits per heavy atom. The zero-order valence-electron chi connectivity index (χ0n) is 12.0.